The number of rotatable bonds is 5. The van der Waals surface area contributed by atoms with Gasteiger partial charge in [0.25, 0.3) is 0 Å². The number of halogens is 1. The van der Waals surface area contributed by atoms with Crippen LogP contribution in [0.3, 0.4) is 0 Å². The Labute approximate surface area is 119 Å². The van der Waals surface area contributed by atoms with E-state index < -0.39 is 0 Å². The lowest BCUT2D eigenvalue weighted by Gasteiger charge is -2.12. The molecule has 0 radical (unpaired) electrons. The first kappa shape index (κ1) is 14.5. The zero-order valence-electron chi connectivity index (χ0n) is 12.2. The van der Waals surface area contributed by atoms with Gasteiger partial charge in [-0.2, -0.15) is 0 Å². The summed E-state index contributed by atoms with van der Waals surface area (Å²) in [5.74, 6) is 1.22. The number of nitrogens with one attached hydrogen (secondary N) is 1. The number of benzene rings is 2. The third-order valence-corrected chi connectivity index (χ3v) is 3.24. The van der Waals surface area contributed by atoms with Gasteiger partial charge >= 0.3 is 0 Å². The van der Waals surface area contributed by atoms with Crippen LogP contribution in [-0.2, 0) is 6.54 Å². The first-order valence-corrected chi connectivity index (χ1v) is 6.84. The Morgan fingerprint density at radius 2 is 1.85 bits per heavy atom. The Balaban J connectivity index is 2.15. The van der Waals surface area contributed by atoms with Crippen molar-refractivity contribution in [3.05, 3.63) is 58.9 Å². The number of aryl methyl sites for hydroxylation is 2. The average Bonchev–Trinajstić information content (AvgIpc) is 2.41. The van der Waals surface area contributed by atoms with Crippen molar-refractivity contribution in [3.63, 3.8) is 0 Å². The molecule has 3 heteroatoms. The van der Waals surface area contributed by atoms with Gasteiger partial charge in [0.05, 0.1) is 0 Å². The van der Waals surface area contributed by atoms with Gasteiger partial charge < -0.3 is 10.1 Å². The van der Waals surface area contributed by atoms with Gasteiger partial charge in [-0.15, -0.1) is 0 Å². The van der Waals surface area contributed by atoms with Gasteiger partial charge in [-0.05, 0) is 67.4 Å². The summed E-state index contributed by atoms with van der Waals surface area (Å²) >= 11 is 0. The molecule has 2 aromatic carbocycles. The first-order chi connectivity index (χ1) is 9.60. The standard InChI is InChI=1S/C17H20FNO/c1-4-19-11-14-5-7-16(10-12(14)2)20-17-8-6-15(18)9-13(17)3/h5-10,19H,4,11H2,1-3H3. The van der Waals surface area contributed by atoms with Gasteiger partial charge in [-0.25, -0.2) is 4.39 Å². The highest BCUT2D eigenvalue weighted by Crippen LogP contribution is 2.27. The minimum absolute atomic E-state index is 0.244. The molecule has 20 heavy (non-hydrogen) atoms. The van der Waals surface area contributed by atoms with E-state index in [9.17, 15) is 4.39 Å². The average molecular weight is 273 g/mol. The quantitative estimate of drug-likeness (QED) is 0.874. The fourth-order valence-electron chi connectivity index (χ4n) is 2.04. The molecule has 0 aliphatic carbocycles. The lowest BCUT2D eigenvalue weighted by molar-refractivity contribution is 0.475. The Morgan fingerprint density at radius 1 is 1.05 bits per heavy atom. The molecule has 0 amide bonds. The van der Waals surface area contributed by atoms with Crippen molar-refractivity contribution < 1.29 is 9.13 Å². The lowest BCUT2D eigenvalue weighted by Crippen LogP contribution is -2.12. The van der Waals surface area contributed by atoms with Crippen LogP contribution in [0.15, 0.2) is 36.4 Å². The highest BCUT2D eigenvalue weighted by Gasteiger charge is 2.05. The molecule has 2 aromatic rings. The van der Waals surface area contributed by atoms with E-state index in [2.05, 4.69) is 25.2 Å². The van der Waals surface area contributed by atoms with Crippen LogP contribution in [-0.4, -0.2) is 6.54 Å². The zero-order chi connectivity index (χ0) is 14.5. The van der Waals surface area contributed by atoms with Gasteiger partial charge in [0.15, 0.2) is 0 Å². The molecule has 0 aliphatic rings. The molecular formula is C17H20FNO. The summed E-state index contributed by atoms with van der Waals surface area (Å²) in [5.41, 5.74) is 3.23. The molecule has 2 nitrogen and oxygen atoms in total. The van der Waals surface area contributed by atoms with E-state index in [1.54, 1.807) is 6.07 Å². The fourth-order valence-corrected chi connectivity index (χ4v) is 2.04. The van der Waals surface area contributed by atoms with Crippen LogP contribution in [0.1, 0.15) is 23.6 Å². The maximum atomic E-state index is 13.1. The van der Waals surface area contributed by atoms with Gasteiger partial charge in [-0.3, -0.25) is 0 Å². The molecule has 0 saturated heterocycles. The van der Waals surface area contributed by atoms with Crippen molar-refractivity contribution in [1.29, 1.82) is 0 Å². The minimum Gasteiger partial charge on any atom is -0.457 e. The molecule has 1 N–H and O–H groups in total. The number of hydrogen-bond donors (Lipinski definition) is 1. The highest BCUT2D eigenvalue weighted by atomic mass is 19.1. The molecule has 0 bridgehead atoms. The molecule has 0 saturated carbocycles. The van der Waals surface area contributed by atoms with Gasteiger partial charge in [-0.1, -0.05) is 13.0 Å². The summed E-state index contributed by atoms with van der Waals surface area (Å²) < 4.78 is 18.9. The topological polar surface area (TPSA) is 21.3 Å². The molecule has 0 spiro atoms. The largest absolute Gasteiger partial charge is 0.457 e. The molecule has 2 rings (SSSR count). The fraction of sp³-hybridized carbons (Fsp3) is 0.294. The summed E-state index contributed by atoms with van der Waals surface area (Å²) in [6.45, 7) is 7.80. The van der Waals surface area contributed by atoms with E-state index in [1.165, 1.54) is 23.3 Å². The molecule has 0 fully saturated rings. The molecular weight excluding hydrogens is 253 g/mol. The second-order valence-electron chi connectivity index (χ2n) is 4.88. The predicted octanol–water partition coefficient (Wildman–Crippen LogP) is 4.34. The lowest BCUT2D eigenvalue weighted by atomic mass is 10.1. The summed E-state index contributed by atoms with van der Waals surface area (Å²) in [7, 11) is 0. The summed E-state index contributed by atoms with van der Waals surface area (Å²) in [6.07, 6.45) is 0. The second kappa shape index (κ2) is 6.53. The van der Waals surface area contributed by atoms with Gasteiger partial charge in [0.2, 0.25) is 0 Å². The van der Waals surface area contributed by atoms with E-state index in [1.807, 2.05) is 19.1 Å². The minimum atomic E-state index is -0.244. The van der Waals surface area contributed by atoms with Crippen molar-refractivity contribution in [2.24, 2.45) is 0 Å². The van der Waals surface area contributed by atoms with Crippen LogP contribution in [0.4, 0.5) is 4.39 Å². The predicted molar refractivity (Wildman–Crippen MR) is 79.8 cm³/mol. The van der Waals surface area contributed by atoms with Crippen LogP contribution in [0.5, 0.6) is 11.5 Å². The Morgan fingerprint density at radius 3 is 2.50 bits per heavy atom. The van der Waals surface area contributed by atoms with Gasteiger partial charge in [0, 0.05) is 6.54 Å². The molecule has 0 atom stereocenters. The van der Waals surface area contributed by atoms with Crippen molar-refractivity contribution in [3.8, 4) is 11.5 Å². The smallest absolute Gasteiger partial charge is 0.130 e. The van der Waals surface area contributed by atoms with E-state index in [-0.39, 0.29) is 5.82 Å². The Kier molecular flexibility index (Phi) is 4.74. The van der Waals surface area contributed by atoms with E-state index in [0.29, 0.717) is 5.75 Å². The van der Waals surface area contributed by atoms with Gasteiger partial charge in [0.1, 0.15) is 17.3 Å². The second-order valence-corrected chi connectivity index (χ2v) is 4.88. The van der Waals surface area contributed by atoms with Crippen LogP contribution in [0, 0.1) is 19.7 Å². The van der Waals surface area contributed by atoms with Crippen LogP contribution in [0.2, 0.25) is 0 Å². The van der Waals surface area contributed by atoms with Crippen LogP contribution in [0.25, 0.3) is 0 Å². The molecule has 106 valence electrons. The summed E-state index contributed by atoms with van der Waals surface area (Å²) in [4.78, 5) is 0. The normalized spacial score (nSPS) is 10.6. The van der Waals surface area contributed by atoms with Crippen LogP contribution < -0.4 is 10.1 Å². The van der Waals surface area contributed by atoms with E-state index in [0.717, 1.165) is 24.4 Å². The van der Waals surface area contributed by atoms with E-state index >= 15 is 0 Å². The Bertz CT molecular complexity index is 596. The van der Waals surface area contributed by atoms with Crippen molar-refractivity contribution in [2.75, 3.05) is 6.54 Å². The Hall–Kier alpha value is -1.87. The SMILES string of the molecule is CCNCc1ccc(Oc2ccc(F)cc2C)cc1C. The third kappa shape index (κ3) is 3.58. The summed E-state index contributed by atoms with van der Waals surface area (Å²) in [6, 6.07) is 10.6. The number of ether oxygens (including phenoxy) is 1. The molecule has 0 heterocycles. The van der Waals surface area contributed by atoms with Crippen molar-refractivity contribution in [1.82, 2.24) is 5.32 Å². The van der Waals surface area contributed by atoms with E-state index in [4.69, 9.17) is 4.74 Å². The monoisotopic (exact) mass is 273 g/mol. The molecule has 0 unspecified atom stereocenters. The summed E-state index contributed by atoms with van der Waals surface area (Å²) in [5, 5.41) is 3.31. The highest BCUT2D eigenvalue weighted by molar-refractivity contribution is 5.40. The maximum absolute atomic E-state index is 13.1. The first-order valence-electron chi connectivity index (χ1n) is 6.84. The van der Waals surface area contributed by atoms with Crippen molar-refractivity contribution >= 4 is 0 Å². The maximum Gasteiger partial charge on any atom is 0.130 e. The third-order valence-electron chi connectivity index (χ3n) is 3.24. The van der Waals surface area contributed by atoms with Crippen LogP contribution >= 0.6 is 0 Å². The molecule has 0 aromatic heterocycles. The molecule has 0 aliphatic heterocycles. The zero-order valence-corrected chi connectivity index (χ0v) is 12.2. The van der Waals surface area contributed by atoms with Crippen molar-refractivity contribution in [2.45, 2.75) is 27.3 Å². The number of hydrogen-bond acceptors (Lipinski definition) is 2.